The Morgan fingerprint density at radius 1 is 1.29 bits per heavy atom. The minimum atomic E-state index is -1.06. The fourth-order valence-electron chi connectivity index (χ4n) is 2.12. The Morgan fingerprint density at radius 3 is 2.76 bits per heavy atom. The number of fused-ring (bicyclic) bond motifs is 1. The van der Waals surface area contributed by atoms with E-state index in [0.717, 1.165) is 5.17 Å². The van der Waals surface area contributed by atoms with Gasteiger partial charge in [0.05, 0.1) is 27.4 Å². The SMILES string of the molecule is Cl.OC1(COc2cc(Cl)c(Cl)cc2Cl)CSC2=NCCN21. The van der Waals surface area contributed by atoms with E-state index in [2.05, 4.69) is 4.99 Å². The summed E-state index contributed by atoms with van der Waals surface area (Å²) in [6.07, 6.45) is 0. The van der Waals surface area contributed by atoms with Crippen molar-refractivity contribution in [1.29, 1.82) is 0 Å². The Hall–Kier alpha value is -0.0400. The number of rotatable bonds is 3. The van der Waals surface area contributed by atoms with Crippen molar-refractivity contribution < 1.29 is 9.84 Å². The molecule has 1 saturated heterocycles. The van der Waals surface area contributed by atoms with Gasteiger partial charge in [-0.1, -0.05) is 46.6 Å². The molecule has 0 saturated carbocycles. The summed E-state index contributed by atoms with van der Waals surface area (Å²) in [6.45, 7) is 1.51. The van der Waals surface area contributed by atoms with Crippen molar-refractivity contribution in [3.63, 3.8) is 0 Å². The predicted molar refractivity (Wildman–Crippen MR) is 90.6 cm³/mol. The van der Waals surface area contributed by atoms with Crippen molar-refractivity contribution in [2.45, 2.75) is 5.72 Å². The highest BCUT2D eigenvalue weighted by atomic mass is 35.5. The fourth-order valence-corrected chi connectivity index (χ4v) is 3.91. The molecule has 0 radical (unpaired) electrons. The van der Waals surface area contributed by atoms with Crippen LogP contribution in [0.3, 0.4) is 0 Å². The molecule has 0 aromatic heterocycles. The number of aliphatic hydroxyl groups is 1. The molecule has 2 aliphatic rings. The highest BCUT2D eigenvalue weighted by Crippen LogP contribution is 2.37. The van der Waals surface area contributed by atoms with Crippen LogP contribution in [0.5, 0.6) is 5.75 Å². The average molecular weight is 390 g/mol. The Bertz CT molecular complexity index is 587. The maximum atomic E-state index is 10.6. The lowest BCUT2D eigenvalue weighted by Crippen LogP contribution is -2.51. The molecule has 0 bridgehead atoms. The van der Waals surface area contributed by atoms with Gasteiger partial charge in [-0.05, 0) is 6.07 Å². The van der Waals surface area contributed by atoms with Gasteiger partial charge in [0.25, 0.3) is 0 Å². The number of nitrogens with zero attached hydrogens (tertiary/aromatic N) is 2. The smallest absolute Gasteiger partial charge is 0.184 e. The van der Waals surface area contributed by atoms with Crippen LogP contribution in [0.4, 0.5) is 0 Å². The molecule has 21 heavy (non-hydrogen) atoms. The van der Waals surface area contributed by atoms with Crippen molar-refractivity contribution >= 4 is 64.1 Å². The lowest BCUT2D eigenvalue weighted by molar-refractivity contribution is -0.0694. The summed E-state index contributed by atoms with van der Waals surface area (Å²) < 4.78 is 5.63. The van der Waals surface area contributed by atoms with Crippen LogP contribution < -0.4 is 4.74 Å². The predicted octanol–water partition coefficient (Wildman–Crippen LogP) is 3.55. The molecule has 1 atom stereocenters. The molecule has 1 N–H and O–H groups in total. The third kappa shape index (κ3) is 3.33. The monoisotopic (exact) mass is 388 g/mol. The van der Waals surface area contributed by atoms with E-state index in [9.17, 15) is 5.11 Å². The number of thioether (sulfide) groups is 1. The zero-order chi connectivity index (χ0) is 14.3. The molecule has 1 aromatic rings. The molecule has 4 nitrogen and oxygen atoms in total. The minimum Gasteiger partial charge on any atom is -0.487 e. The number of halogens is 4. The van der Waals surface area contributed by atoms with Crippen LogP contribution in [-0.2, 0) is 0 Å². The van der Waals surface area contributed by atoms with Gasteiger partial charge in [-0.3, -0.25) is 4.99 Å². The molecule has 1 unspecified atom stereocenters. The van der Waals surface area contributed by atoms with Crippen LogP contribution in [0.2, 0.25) is 15.1 Å². The highest BCUT2D eigenvalue weighted by molar-refractivity contribution is 8.14. The van der Waals surface area contributed by atoms with E-state index in [1.54, 1.807) is 6.07 Å². The summed E-state index contributed by atoms with van der Waals surface area (Å²) in [5.74, 6) is 0.925. The molecule has 0 amide bonds. The lowest BCUT2D eigenvalue weighted by atomic mass is 10.2. The van der Waals surface area contributed by atoms with Crippen molar-refractivity contribution in [3.05, 3.63) is 27.2 Å². The average Bonchev–Trinajstić information content (AvgIpc) is 2.98. The molecule has 9 heteroatoms. The molecular weight excluding hydrogens is 378 g/mol. The van der Waals surface area contributed by atoms with E-state index >= 15 is 0 Å². The quantitative estimate of drug-likeness (QED) is 0.803. The standard InChI is InChI=1S/C12H11Cl3N2O2S.ClH/c13-7-3-9(15)10(4-8(7)14)19-5-12(18)6-20-11-16-1-2-17(11)12;/h3-4,18H,1-2,5-6H2;1H. The zero-order valence-corrected chi connectivity index (χ0v) is 14.6. The molecule has 2 heterocycles. The second-order valence-corrected chi connectivity index (χ2v) is 6.74. The fraction of sp³-hybridized carbons (Fsp3) is 0.417. The van der Waals surface area contributed by atoms with Crippen LogP contribution >= 0.6 is 59.0 Å². The van der Waals surface area contributed by atoms with Gasteiger partial charge in [0.1, 0.15) is 12.4 Å². The van der Waals surface area contributed by atoms with Gasteiger partial charge in [-0.2, -0.15) is 0 Å². The Morgan fingerprint density at radius 2 is 2.00 bits per heavy atom. The van der Waals surface area contributed by atoms with Crippen LogP contribution in [-0.4, -0.2) is 46.3 Å². The Kier molecular flexibility index (Phi) is 5.45. The lowest BCUT2D eigenvalue weighted by Gasteiger charge is -2.31. The van der Waals surface area contributed by atoms with Gasteiger partial charge < -0.3 is 14.7 Å². The van der Waals surface area contributed by atoms with Gasteiger partial charge in [0.2, 0.25) is 0 Å². The molecule has 0 aliphatic carbocycles. The number of benzene rings is 1. The summed E-state index contributed by atoms with van der Waals surface area (Å²) in [6, 6.07) is 3.08. The summed E-state index contributed by atoms with van der Waals surface area (Å²) in [5, 5.41) is 12.6. The van der Waals surface area contributed by atoms with Gasteiger partial charge in [-0.15, -0.1) is 12.4 Å². The molecule has 116 valence electrons. The first-order valence-electron chi connectivity index (χ1n) is 5.94. The van der Waals surface area contributed by atoms with Crippen molar-refractivity contribution in [2.75, 3.05) is 25.4 Å². The zero-order valence-electron chi connectivity index (χ0n) is 10.7. The third-order valence-electron chi connectivity index (χ3n) is 3.17. The molecule has 2 aliphatic heterocycles. The second-order valence-electron chi connectivity index (χ2n) is 4.57. The van der Waals surface area contributed by atoms with Gasteiger partial charge >= 0.3 is 0 Å². The number of amidine groups is 1. The molecule has 1 aromatic carbocycles. The first-order valence-corrected chi connectivity index (χ1v) is 8.06. The van der Waals surface area contributed by atoms with Gasteiger partial charge in [0, 0.05) is 12.6 Å². The van der Waals surface area contributed by atoms with E-state index in [-0.39, 0.29) is 19.0 Å². The maximum Gasteiger partial charge on any atom is 0.184 e. The topological polar surface area (TPSA) is 45.1 Å². The Labute approximate surface area is 147 Å². The Balaban J connectivity index is 0.00000161. The van der Waals surface area contributed by atoms with Crippen LogP contribution in [0.1, 0.15) is 0 Å². The molecule has 1 fully saturated rings. The third-order valence-corrected chi connectivity index (χ3v) is 5.40. The summed E-state index contributed by atoms with van der Waals surface area (Å²) in [7, 11) is 0. The molecular formula is C12H12Cl4N2O2S. The number of hydrogen-bond acceptors (Lipinski definition) is 5. The van der Waals surface area contributed by atoms with Crippen LogP contribution in [0.25, 0.3) is 0 Å². The normalized spacial score (nSPS) is 23.6. The second kappa shape index (κ2) is 6.60. The van der Waals surface area contributed by atoms with Crippen LogP contribution in [0, 0.1) is 0 Å². The van der Waals surface area contributed by atoms with Crippen molar-refractivity contribution in [3.8, 4) is 5.75 Å². The number of aliphatic imine (C=N–C) groups is 1. The van der Waals surface area contributed by atoms with Gasteiger partial charge in [-0.25, -0.2) is 0 Å². The summed E-state index contributed by atoms with van der Waals surface area (Å²) >= 11 is 19.4. The molecule has 0 spiro atoms. The van der Waals surface area contributed by atoms with Gasteiger partial charge in [0.15, 0.2) is 10.9 Å². The van der Waals surface area contributed by atoms with Crippen molar-refractivity contribution in [2.24, 2.45) is 4.99 Å². The first-order chi connectivity index (χ1) is 9.49. The number of ether oxygens (including phenoxy) is 1. The van der Waals surface area contributed by atoms with E-state index in [1.807, 2.05) is 4.90 Å². The van der Waals surface area contributed by atoms with E-state index < -0.39 is 5.72 Å². The largest absolute Gasteiger partial charge is 0.487 e. The van der Waals surface area contributed by atoms with E-state index in [4.69, 9.17) is 39.5 Å². The van der Waals surface area contributed by atoms with Crippen LogP contribution in [0.15, 0.2) is 17.1 Å². The number of hydrogen-bond donors (Lipinski definition) is 1. The minimum absolute atomic E-state index is 0. The summed E-state index contributed by atoms with van der Waals surface area (Å²) in [4.78, 5) is 6.18. The maximum absolute atomic E-state index is 10.6. The summed E-state index contributed by atoms with van der Waals surface area (Å²) in [5.41, 5.74) is -1.06. The first kappa shape index (κ1) is 17.3. The molecule has 3 rings (SSSR count). The van der Waals surface area contributed by atoms with E-state index in [1.165, 1.54) is 17.8 Å². The van der Waals surface area contributed by atoms with E-state index in [0.29, 0.717) is 39.7 Å². The van der Waals surface area contributed by atoms with Crippen molar-refractivity contribution in [1.82, 2.24) is 4.90 Å². The highest BCUT2D eigenvalue weighted by Gasteiger charge is 2.45.